The Bertz CT molecular complexity index is 1450. The number of hydrogen-bond acceptors (Lipinski definition) is 6. The molecule has 4 heterocycles. The van der Waals surface area contributed by atoms with Crippen molar-refractivity contribution >= 4 is 28.3 Å². The van der Waals surface area contributed by atoms with Crippen LogP contribution in [0.4, 0.5) is 37.8 Å². The maximum absolute atomic E-state index is 14.8. The van der Waals surface area contributed by atoms with Crippen LogP contribution >= 0.6 is 0 Å². The molecule has 3 aromatic heterocycles. The minimum absolute atomic E-state index is 0.0209. The van der Waals surface area contributed by atoms with Gasteiger partial charge >= 0.3 is 0 Å². The van der Waals surface area contributed by atoms with Gasteiger partial charge in [-0.25, -0.2) is 31.3 Å². The summed E-state index contributed by atoms with van der Waals surface area (Å²) in [4.78, 5) is 21.9. The van der Waals surface area contributed by atoms with E-state index in [9.17, 15) is 31.1 Å². The number of pyridine rings is 1. The number of alkyl halides is 3. The van der Waals surface area contributed by atoms with Gasteiger partial charge in [-0.1, -0.05) is 5.16 Å². The van der Waals surface area contributed by atoms with Gasteiger partial charge in [0, 0.05) is 61.7 Å². The highest BCUT2D eigenvalue weighted by atomic mass is 19.3. The Hall–Kier alpha value is -4.07. The number of aromatic nitrogens is 3. The third-order valence-electron chi connectivity index (χ3n) is 5.99. The molecule has 2 N–H and O–H groups in total. The number of piperazine rings is 1. The first-order valence-electron chi connectivity index (χ1n) is 11.0. The van der Waals surface area contributed by atoms with Gasteiger partial charge in [0.1, 0.15) is 0 Å². The number of benzene rings is 1. The first kappa shape index (κ1) is 24.6. The van der Waals surface area contributed by atoms with Gasteiger partial charge in [0.05, 0.1) is 11.2 Å². The molecule has 37 heavy (non-hydrogen) atoms. The second-order valence-electron chi connectivity index (χ2n) is 8.30. The Morgan fingerprint density at radius 1 is 1.00 bits per heavy atom. The third-order valence-corrected chi connectivity index (χ3v) is 5.99. The minimum Gasteiger partial charge on any atom is -0.359 e. The lowest BCUT2D eigenvalue weighted by molar-refractivity contribution is -0.0506. The van der Waals surface area contributed by atoms with E-state index in [1.54, 1.807) is 0 Å². The van der Waals surface area contributed by atoms with Crippen LogP contribution < -0.4 is 10.2 Å². The lowest BCUT2D eigenvalue weighted by atomic mass is 10.2. The fraction of sp³-hybridized carbons (Fsp3) is 0.261. The smallest absolute Gasteiger partial charge is 0.282 e. The predicted molar refractivity (Wildman–Crippen MR) is 121 cm³/mol. The maximum atomic E-state index is 14.8. The van der Waals surface area contributed by atoms with Gasteiger partial charge in [0.15, 0.2) is 34.7 Å². The van der Waals surface area contributed by atoms with E-state index in [0.717, 1.165) is 23.1 Å². The molecule has 1 atom stereocenters. The van der Waals surface area contributed by atoms with Crippen LogP contribution in [0.25, 0.3) is 22.2 Å². The average molecular weight is 524 g/mol. The van der Waals surface area contributed by atoms with Crippen molar-refractivity contribution in [2.45, 2.75) is 12.7 Å². The van der Waals surface area contributed by atoms with E-state index in [1.165, 1.54) is 23.4 Å². The van der Waals surface area contributed by atoms with Gasteiger partial charge in [0.25, 0.3) is 12.3 Å². The van der Waals surface area contributed by atoms with Crippen LogP contribution in [0.5, 0.6) is 0 Å². The molecule has 194 valence electrons. The van der Waals surface area contributed by atoms with Crippen LogP contribution in [0.2, 0.25) is 0 Å². The van der Waals surface area contributed by atoms with Gasteiger partial charge < -0.3 is 19.7 Å². The number of amides is 1. The Morgan fingerprint density at radius 2 is 1.73 bits per heavy atom. The molecule has 0 spiro atoms. The van der Waals surface area contributed by atoms with Crippen molar-refractivity contribution < 1.29 is 35.7 Å². The normalized spacial score (nSPS) is 15.5. The highest BCUT2D eigenvalue weighted by molar-refractivity contribution is 6.08. The first-order chi connectivity index (χ1) is 17.7. The number of hydrogen-bond donors (Lipinski definition) is 2. The summed E-state index contributed by atoms with van der Waals surface area (Å²) in [6.45, 7) is 0.167. The van der Waals surface area contributed by atoms with Crippen LogP contribution in [-0.2, 0) is 0 Å². The second-order valence-corrected chi connectivity index (χ2v) is 8.30. The Labute approximate surface area is 204 Å². The molecule has 0 saturated carbocycles. The highest BCUT2D eigenvalue weighted by Gasteiger charge is 2.31. The lowest BCUT2D eigenvalue weighted by Crippen LogP contribution is -2.51. The molecule has 0 aliphatic carbocycles. The number of rotatable bonds is 6. The Balaban J connectivity index is 1.27. The summed E-state index contributed by atoms with van der Waals surface area (Å²) >= 11 is 0. The number of H-pyrrole nitrogens is 1. The first-order valence-corrected chi connectivity index (χ1v) is 11.0. The number of fused-ring (bicyclic) bond motifs is 1. The van der Waals surface area contributed by atoms with Crippen molar-refractivity contribution in [2.75, 3.05) is 36.4 Å². The fourth-order valence-corrected chi connectivity index (χ4v) is 4.06. The molecular weight excluding hydrogens is 506 g/mol. The zero-order chi connectivity index (χ0) is 26.3. The molecular formula is C23H18F6N6O2. The predicted octanol–water partition coefficient (Wildman–Crippen LogP) is 4.57. The molecule has 1 aliphatic heterocycles. The molecule has 4 aromatic rings. The van der Waals surface area contributed by atoms with Gasteiger partial charge in [-0.3, -0.25) is 9.69 Å². The van der Waals surface area contributed by atoms with Crippen LogP contribution in [0, 0.1) is 17.5 Å². The Kier molecular flexibility index (Phi) is 6.50. The number of aromatic amines is 1. The molecule has 1 aromatic carbocycles. The summed E-state index contributed by atoms with van der Waals surface area (Å²) in [7, 11) is 0. The SMILES string of the molecule is O=C(Nc1c[nH]c2cc(F)c(F)cc12)c1cc(-c2cnc(N3CCN(C(F)C(F)F)CC3)c(F)c2)on1. The van der Waals surface area contributed by atoms with E-state index in [2.05, 4.69) is 20.4 Å². The maximum Gasteiger partial charge on any atom is 0.282 e. The summed E-state index contributed by atoms with van der Waals surface area (Å²) < 4.78 is 85.6. The second kappa shape index (κ2) is 9.76. The number of anilines is 2. The van der Waals surface area contributed by atoms with E-state index in [-0.39, 0.29) is 65.6 Å². The van der Waals surface area contributed by atoms with Crippen LogP contribution in [0.3, 0.4) is 0 Å². The van der Waals surface area contributed by atoms with E-state index in [4.69, 9.17) is 4.52 Å². The summed E-state index contributed by atoms with van der Waals surface area (Å²) in [6, 6.07) is 4.27. The number of nitrogens with one attached hydrogen (secondary N) is 2. The standard InChI is InChI=1S/C23H18F6N6O2/c24-13-6-12-16(7-14(13)25)30-10-18(12)32-23(36)17-8-19(37-33-17)11-5-15(26)22(31-9-11)35-3-1-34(2-4-35)21(29)20(27)28/h5-10,20-21,30H,1-4H2,(H,32,36). The van der Waals surface area contributed by atoms with Crippen LogP contribution in [0.15, 0.2) is 41.2 Å². The molecule has 1 amide bonds. The van der Waals surface area contributed by atoms with E-state index in [1.807, 2.05) is 0 Å². The molecule has 8 nitrogen and oxygen atoms in total. The molecule has 0 radical (unpaired) electrons. The molecule has 1 saturated heterocycles. The summed E-state index contributed by atoms with van der Waals surface area (Å²) in [5, 5.41) is 6.44. The average Bonchev–Trinajstić information content (AvgIpc) is 3.52. The van der Waals surface area contributed by atoms with Gasteiger partial charge in [0.2, 0.25) is 6.30 Å². The van der Waals surface area contributed by atoms with Gasteiger partial charge in [-0.05, 0) is 12.1 Å². The molecule has 5 rings (SSSR count). The van der Waals surface area contributed by atoms with Crippen molar-refractivity contribution in [3.63, 3.8) is 0 Å². The number of carbonyl (C=O) groups excluding carboxylic acids is 1. The van der Waals surface area contributed by atoms with Crippen molar-refractivity contribution in [3.05, 3.63) is 59.8 Å². The van der Waals surface area contributed by atoms with Crippen molar-refractivity contribution in [2.24, 2.45) is 0 Å². The minimum atomic E-state index is -3.12. The third kappa shape index (κ3) is 4.83. The van der Waals surface area contributed by atoms with Gasteiger partial charge in [-0.2, -0.15) is 0 Å². The number of halogens is 6. The highest BCUT2D eigenvalue weighted by Crippen LogP contribution is 2.28. The van der Waals surface area contributed by atoms with Crippen LogP contribution in [-0.4, -0.2) is 64.8 Å². The number of nitrogens with zero attached hydrogens (tertiary/aromatic N) is 4. The Morgan fingerprint density at radius 3 is 2.43 bits per heavy atom. The van der Waals surface area contributed by atoms with E-state index < -0.39 is 36.1 Å². The molecule has 1 aliphatic rings. The monoisotopic (exact) mass is 524 g/mol. The number of carbonyl (C=O) groups is 1. The van der Waals surface area contributed by atoms with Crippen molar-refractivity contribution in [3.8, 4) is 11.3 Å². The molecule has 14 heteroatoms. The van der Waals surface area contributed by atoms with Crippen molar-refractivity contribution in [1.29, 1.82) is 0 Å². The zero-order valence-corrected chi connectivity index (χ0v) is 18.8. The quantitative estimate of drug-likeness (QED) is 0.284. The fourth-order valence-electron chi connectivity index (χ4n) is 4.06. The summed E-state index contributed by atoms with van der Waals surface area (Å²) in [6.07, 6.45) is -2.84. The molecule has 0 bridgehead atoms. The van der Waals surface area contributed by atoms with E-state index >= 15 is 0 Å². The molecule has 1 unspecified atom stereocenters. The molecule has 1 fully saturated rings. The zero-order valence-electron chi connectivity index (χ0n) is 18.8. The topological polar surface area (TPSA) is 90.3 Å². The summed E-state index contributed by atoms with van der Waals surface area (Å²) in [5.41, 5.74) is 0.481. The van der Waals surface area contributed by atoms with E-state index in [0.29, 0.717) is 0 Å². The van der Waals surface area contributed by atoms with Gasteiger partial charge in [-0.15, -0.1) is 0 Å². The summed E-state index contributed by atoms with van der Waals surface area (Å²) in [5.74, 6) is -3.55. The lowest BCUT2D eigenvalue weighted by Gasteiger charge is -2.36. The largest absolute Gasteiger partial charge is 0.359 e. The van der Waals surface area contributed by atoms with Crippen molar-refractivity contribution in [1.82, 2.24) is 20.0 Å². The van der Waals surface area contributed by atoms with Crippen LogP contribution in [0.1, 0.15) is 10.5 Å².